The van der Waals surface area contributed by atoms with Crippen LogP contribution in [-0.2, 0) is 4.74 Å². The summed E-state index contributed by atoms with van der Waals surface area (Å²) >= 11 is 1.25. The van der Waals surface area contributed by atoms with Crippen molar-refractivity contribution >= 4 is 32.7 Å². The van der Waals surface area contributed by atoms with Gasteiger partial charge in [0, 0.05) is 49.8 Å². The first-order valence-electron chi connectivity index (χ1n) is 10.3. The molecule has 0 aliphatic carbocycles. The van der Waals surface area contributed by atoms with Gasteiger partial charge in [-0.3, -0.25) is 5.32 Å². The lowest BCUT2D eigenvalue weighted by Gasteiger charge is -2.33. The van der Waals surface area contributed by atoms with Gasteiger partial charge in [-0.2, -0.15) is 13.9 Å². The van der Waals surface area contributed by atoms with E-state index >= 15 is 0 Å². The molecule has 9 nitrogen and oxygen atoms in total. The summed E-state index contributed by atoms with van der Waals surface area (Å²) < 4.78 is 37.9. The van der Waals surface area contributed by atoms with Gasteiger partial charge in [-0.05, 0) is 24.7 Å². The summed E-state index contributed by atoms with van der Waals surface area (Å²) in [6.45, 7) is 0.146. The van der Waals surface area contributed by atoms with E-state index in [0.29, 0.717) is 50.1 Å². The van der Waals surface area contributed by atoms with Gasteiger partial charge in [0.15, 0.2) is 5.13 Å². The van der Waals surface area contributed by atoms with E-state index in [1.54, 1.807) is 0 Å². The van der Waals surface area contributed by atoms with Crippen molar-refractivity contribution in [2.24, 2.45) is 5.41 Å². The zero-order valence-electron chi connectivity index (χ0n) is 17.4. The van der Waals surface area contributed by atoms with E-state index in [-0.39, 0.29) is 11.4 Å². The smallest absolute Gasteiger partial charge is 0.333 e. The first-order valence-corrected chi connectivity index (χ1v) is 11.1. The van der Waals surface area contributed by atoms with Crippen LogP contribution in [0.1, 0.15) is 25.8 Å². The number of hydrogen-bond acceptors (Lipinski definition) is 7. The monoisotopic (exact) mass is 464 g/mol. The van der Waals surface area contributed by atoms with Crippen LogP contribution < -0.4 is 10.1 Å². The van der Waals surface area contributed by atoms with Gasteiger partial charge in [0.2, 0.25) is 5.88 Å². The lowest BCUT2D eigenvalue weighted by molar-refractivity contribution is 0.0211. The third-order valence-electron chi connectivity index (χ3n) is 6.18. The number of alkyl halides is 2. The second kappa shape index (κ2) is 8.24. The molecule has 0 saturated carbocycles. The highest BCUT2D eigenvalue weighted by atomic mass is 32.1. The Morgan fingerprint density at radius 2 is 2.12 bits per heavy atom. The van der Waals surface area contributed by atoms with Crippen LogP contribution in [0.2, 0.25) is 0 Å². The van der Waals surface area contributed by atoms with Crippen LogP contribution in [0.25, 0.3) is 21.3 Å². The van der Waals surface area contributed by atoms with Crippen LogP contribution in [0.4, 0.5) is 18.7 Å². The molecule has 1 spiro atoms. The molecule has 3 aromatic heterocycles. The van der Waals surface area contributed by atoms with E-state index in [0.717, 1.165) is 32.5 Å². The number of aromatic nitrogens is 4. The summed E-state index contributed by atoms with van der Waals surface area (Å²) in [4.78, 5) is 23.5. The quantitative estimate of drug-likeness (QED) is 0.627. The van der Waals surface area contributed by atoms with Gasteiger partial charge in [0.25, 0.3) is 0 Å². The molecule has 0 bridgehead atoms. The average molecular weight is 464 g/mol. The number of halogens is 2. The van der Waals surface area contributed by atoms with Crippen molar-refractivity contribution in [2.45, 2.75) is 25.8 Å². The summed E-state index contributed by atoms with van der Waals surface area (Å²) in [6, 6.07) is -0.202. The Bertz CT molecular complexity index is 1140. The molecule has 2 amide bonds. The van der Waals surface area contributed by atoms with E-state index in [1.165, 1.54) is 37.0 Å². The number of methoxy groups -OCH3 is 1. The number of carbonyl (C=O) groups is 1. The highest BCUT2D eigenvalue weighted by molar-refractivity contribution is 7.23. The SMILES string of the molecule is COc1ncc(-c2cnn(C(F)F)c2)c2sc(NC(=O)N3CCC4(CCOCC4)C3)nc12. The number of anilines is 1. The Balaban J connectivity index is 1.40. The minimum atomic E-state index is -2.73. The maximum Gasteiger partial charge on any atom is 0.333 e. The molecule has 0 unspecified atom stereocenters. The van der Waals surface area contributed by atoms with Gasteiger partial charge in [-0.1, -0.05) is 11.3 Å². The van der Waals surface area contributed by atoms with Crippen molar-refractivity contribution in [1.82, 2.24) is 24.6 Å². The van der Waals surface area contributed by atoms with Gasteiger partial charge in [0.05, 0.1) is 18.0 Å². The van der Waals surface area contributed by atoms with Crippen LogP contribution in [0.3, 0.4) is 0 Å². The molecule has 2 aliphatic heterocycles. The minimum absolute atomic E-state index is 0.147. The van der Waals surface area contributed by atoms with Crippen molar-refractivity contribution in [2.75, 3.05) is 38.7 Å². The van der Waals surface area contributed by atoms with Crippen molar-refractivity contribution in [3.05, 3.63) is 18.6 Å². The molecular weight excluding hydrogens is 442 g/mol. The Kier molecular flexibility index (Phi) is 5.41. The number of carbonyl (C=O) groups excluding carboxylic acids is 1. The van der Waals surface area contributed by atoms with Crippen molar-refractivity contribution in [1.29, 1.82) is 0 Å². The summed E-state index contributed by atoms with van der Waals surface area (Å²) in [5, 5.41) is 6.98. The molecule has 2 saturated heterocycles. The largest absolute Gasteiger partial charge is 0.479 e. The number of pyridine rings is 1. The number of nitrogens with zero attached hydrogens (tertiary/aromatic N) is 5. The molecule has 5 heterocycles. The van der Waals surface area contributed by atoms with Crippen molar-refractivity contribution < 1.29 is 23.0 Å². The number of hydrogen-bond donors (Lipinski definition) is 1. The second-order valence-corrected chi connectivity index (χ2v) is 9.08. The van der Waals surface area contributed by atoms with Gasteiger partial charge < -0.3 is 14.4 Å². The second-order valence-electron chi connectivity index (χ2n) is 8.08. The van der Waals surface area contributed by atoms with Gasteiger partial charge in [0.1, 0.15) is 5.52 Å². The molecule has 0 atom stereocenters. The number of likely N-dealkylation sites (tertiary alicyclic amines) is 1. The standard InChI is InChI=1S/C20H22F2N6O3S/c1-30-16-14-15(13(9-23-16)12-8-24-28(10-12)17(21)22)32-18(25-14)26-19(29)27-5-2-20(11-27)3-6-31-7-4-20/h8-10,17H,2-7,11H2,1H3,(H,25,26,29). The van der Waals surface area contributed by atoms with Crippen LogP contribution >= 0.6 is 11.3 Å². The third-order valence-corrected chi connectivity index (χ3v) is 7.19. The molecule has 12 heteroatoms. The maximum atomic E-state index is 13.0. The maximum absolute atomic E-state index is 13.0. The fourth-order valence-corrected chi connectivity index (χ4v) is 5.35. The summed E-state index contributed by atoms with van der Waals surface area (Å²) in [7, 11) is 1.48. The molecule has 3 aromatic rings. The number of thiazole rings is 1. The Hall–Kier alpha value is -2.86. The summed E-state index contributed by atoms with van der Waals surface area (Å²) in [6.07, 6.45) is 7.05. The Morgan fingerprint density at radius 3 is 2.84 bits per heavy atom. The van der Waals surface area contributed by atoms with Gasteiger partial charge in [-0.15, -0.1) is 0 Å². The normalized spacial score (nSPS) is 18.1. The van der Waals surface area contributed by atoms with Crippen LogP contribution in [-0.4, -0.2) is 64.1 Å². The van der Waals surface area contributed by atoms with Gasteiger partial charge >= 0.3 is 12.6 Å². The molecule has 0 radical (unpaired) electrons. The topological polar surface area (TPSA) is 94.4 Å². The Morgan fingerprint density at radius 1 is 1.31 bits per heavy atom. The first kappa shape index (κ1) is 21.0. The van der Waals surface area contributed by atoms with E-state index < -0.39 is 6.55 Å². The average Bonchev–Trinajstić information content (AvgIpc) is 3.52. The highest BCUT2D eigenvalue weighted by Gasteiger charge is 2.41. The fourth-order valence-electron chi connectivity index (χ4n) is 4.37. The Labute approximate surface area is 186 Å². The van der Waals surface area contributed by atoms with E-state index in [4.69, 9.17) is 9.47 Å². The number of fused-ring (bicyclic) bond motifs is 1. The van der Waals surface area contributed by atoms with Crippen LogP contribution in [0, 0.1) is 5.41 Å². The molecule has 0 aromatic carbocycles. The molecule has 170 valence electrons. The molecular formula is C20H22F2N6O3S. The first-order chi connectivity index (χ1) is 15.5. The van der Waals surface area contributed by atoms with Crippen molar-refractivity contribution in [3.8, 4) is 17.0 Å². The number of amides is 2. The summed E-state index contributed by atoms with van der Waals surface area (Å²) in [5.41, 5.74) is 1.67. The third kappa shape index (κ3) is 3.77. The molecule has 5 rings (SSSR count). The zero-order valence-corrected chi connectivity index (χ0v) is 18.2. The molecule has 1 N–H and O–H groups in total. The number of rotatable bonds is 4. The zero-order chi connectivity index (χ0) is 22.3. The fraction of sp³-hybridized carbons (Fsp3) is 0.500. The highest BCUT2D eigenvalue weighted by Crippen LogP contribution is 2.41. The van der Waals surface area contributed by atoms with E-state index in [1.807, 2.05) is 4.90 Å². The number of nitrogens with one attached hydrogen (secondary N) is 1. The van der Waals surface area contributed by atoms with E-state index in [9.17, 15) is 13.6 Å². The lowest BCUT2D eigenvalue weighted by Crippen LogP contribution is -2.37. The number of urea groups is 1. The molecule has 32 heavy (non-hydrogen) atoms. The summed E-state index contributed by atoms with van der Waals surface area (Å²) in [5.74, 6) is 0.295. The minimum Gasteiger partial charge on any atom is -0.479 e. The predicted octanol–water partition coefficient (Wildman–Crippen LogP) is 3.99. The van der Waals surface area contributed by atoms with Crippen LogP contribution in [0.15, 0.2) is 18.6 Å². The van der Waals surface area contributed by atoms with E-state index in [2.05, 4.69) is 20.4 Å². The molecule has 2 aliphatic rings. The predicted molar refractivity (Wildman–Crippen MR) is 114 cm³/mol. The number of ether oxygens (including phenoxy) is 2. The van der Waals surface area contributed by atoms with Crippen LogP contribution in [0.5, 0.6) is 5.88 Å². The van der Waals surface area contributed by atoms with Crippen molar-refractivity contribution in [3.63, 3.8) is 0 Å². The molecule has 2 fully saturated rings. The lowest BCUT2D eigenvalue weighted by atomic mass is 9.80. The van der Waals surface area contributed by atoms with Gasteiger partial charge in [-0.25, -0.2) is 19.4 Å².